The van der Waals surface area contributed by atoms with Crippen LogP contribution in [0.25, 0.3) is 0 Å². The van der Waals surface area contributed by atoms with Crippen molar-refractivity contribution in [3.63, 3.8) is 0 Å². The Morgan fingerprint density at radius 1 is 1.28 bits per heavy atom. The minimum Gasteiger partial charge on any atom is -0.369 e. The SMILES string of the molecule is CC(C)(C)C(C(N)=O)c1ccc(C(F)(F)F)cn1. The first kappa shape index (κ1) is 14.5. The minimum absolute atomic E-state index is 0.253. The molecule has 0 saturated carbocycles. The molecule has 0 saturated heterocycles. The van der Waals surface area contributed by atoms with E-state index in [0.29, 0.717) is 0 Å². The van der Waals surface area contributed by atoms with Crippen LogP contribution in [0.2, 0.25) is 0 Å². The van der Waals surface area contributed by atoms with Gasteiger partial charge in [0.1, 0.15) is 0 Å². The molecule has 1 aromatic rings. The van der Waals surface area contributed by atoms with Crippen molar-refractivity contribution in [2.24, 2.45) is 11.1 Å². The van der Waals surface area contributed by atoms with E-state index in [2.05, 4.69) is 4.98 Å². The van der Waals surface area contributed by atoms with Gasteiger partial charge >= 0.3 is 6.18 Å². The summed E-state index contributed by atoms with van der Waals surface area (Å²) in [5, 5.41) is 0. The number of nitrogens with two attached hydrogens (primary N) is 1. The lowest BCUT2D eigenvalue weighted by molar-refractivity contribution is -0.137. The molecule has 1 amide bonds. The maximum Gasteiger partial charge on any atom is 0.417 e. The first-order valence-corrected chi connectivity index (χ1v) is 5.36. The van der Waals surface area contributed by atoms with Crippen molar-refractivity contribution in [1.29, 1.82) is 0 Å². The number of hydrogen-bond donors (Lipinski definition) is 1. The molecule has 0 aliphatic heterocycles. The Hall–Kier alpha value is -1.59. The van der Waals surface area contributed by atoms with Crippen molar-refractivity contribution in [1.82, 2.24) is 4.98 Å². The van der Waals surface area contributed by atoms with E-state index in [4.69, 9.17) is 5.73 Å². The van der Waals surface area contributed by atoms with Crippen LogP contribution in [0.5, 0.6) is 0 Å². The molecule has 3 nitrogen and oxygen atoms in total. The standard InChI is InChI=1S/C12H15F3N2O/c1-11(2,3)9(10(16)18)8-5-4-7(6-17-8)12(13,14)15/h4-6,9H,1-3H3,(H2,16,18). The van der Waals surface area contributed by atoms with Gasteiger partial charge in [-0.1, -0.05) is 20.8 Å². The normalized spacial score (nSPS) is 14.3. The smallest absolute Gasteiger partial charge is 0.369 e. The van der Waals surface area contributed by atoms with Crippen molar-refractivity contribution in [2.45, 2.75) is 32.9 Å². The Bertz CT molecular complexity index is 432. The topological polar surface area (TPSA) is 56.0 Å². The maximum atomic E-state index is 12.4. The Morgan fingerprint density at radius 2 is 1.83 bits per heavy atom. The summed E-state index contributed by atoms with van der Waals surface area (Å²) < 4.78 is 37.1. The summed E-state index contributed by atoms with van der Waals surface area (Å²) in [6.45, 7) is 5.34. The number of rotatable bonds is 2. The Labute approximate surface area is 103 Å². The number of primary amides is 1. The van der Waals surface area contributed by atoms with Gasteiger partial charge in [-0.15, -0.1) is 0 Å². The fraction of sp³-hybridized carbons (Fsp3) is 0.500. The van der Waals surface area contributed by atoms with Gasteiger partial charge in [0.25, 0.3) is 0 Å². The Balaban J connectivity index is 3.14. The molecule has 0 aliphatic rings. The Kier molecular flexibility index (Phi) is 3.69. The van der Waals surface area contributed by atoms with E-state index < -0.39 is 29.0 Å². The first-order chi connectivity index (χ1) is 8.03. The zero-order valence-corrected chi connectivity index (χ0v) is 10.4. The molecular weight excluding hydrogens is 245 g/mol. The lowest BCUT2D eigenvalue weighted by Crippen LogP contribution is -2.32. The van der Waals surface area contributed by atoms with Crippen molar-refractivity contribution in [3.05, 3.63) is 29.6 Å². The highest BCUT2D eigenvalue weighted by molar-refractivity contribution is 5.82. The van der Waals surface area contributed by atoms with Gasteiger partial charge in [0, 0.05) is 6.20 Å². The number of amides is 1. The zero-order chi connectivity index (χ0) is 14.1. The highest BCUT2D eigenvalue weighted by Crippen LogP contribution is 2.35. The highest BCUT2D eigenvalue weighted by atomic mass is 19.4. The molecular formula is C12H15F3N2O. The Morgan fingerprint density at radius 3 is 2.11 bits per heavy atom. The van der Waals surface area contributed by atoms with Gasteiger partial charge in [0.15, 0.2) is 0 Å². The molecule has 6 heteroatoms. The van der Waals surface area contributed by atoms with Crippen molar-refractivity contribution >= 4 is 5.91 Å². The fourth-order valence-electron chi connectivity index (χ4n) is 1.76. The average molecular weight is 260 g/mol. The van der Waals surface area contributed by atoms with Gasteiger partial charge in [-0.25, -0.2) is 0 Å². The molecule has 18 heavy (non-hydrogen) atoms. The van der Waals surface area contributed by atoms with Crippen LogP contribution in [0.3, 0.4) is 0 Å². The summed E-state index contributed by atoms with van der Waals surface area (Å²) in [6.07, 6.45) is -3.72. The summed E-state index contributed by atoms with van der Waals surface area (Å²) in [4.78, 5) is 15.1. The summed E-state index contributed by atoms with van der Waals surface area (Å²) in [5.41, 5.74) is 4.18. The molecule has 100 valence electrons. The molecule has 0 bridgehead atoms. The maximum absolute atomic E-state index is 12.4. The van der Waals surface area contributed by atoms with Crippen LogP contribution in [-0.4, -0.2) is 10.9 Å². The number of pyridine rings is 1. The van der Waals surface area contributed by atoms with Crippen molar-refractivity contribution in [3.8, 4) is 0 Å². The molecule has 1 rings (SSSR count). The van der Waals surface area contributed by atoms with E-state index in [1.807, 2.05) is 0 Å². The average Bonchev–Trinajstić information content (AvgIpc) is 2.13. The van der Waals surface area contributed by atoms with Gasteiger partial charge in [-0.05, 0) is 17.5 Å². The number of nitrogens with zero attached hydrogens (tertiary/aromatic N) is 1. The monoisotopic (exact) mass is 260 g/mol. The lowest BCUT2D eigenvalue weighted by atomic mass is 9.78. The molecule has 0 spiro atoms. The van der Waals surface area contributed by atoms with E-state index in [1.165, 1.54) is 6.07 Å². The van der Waals surface area contributed by atoms with Gasteiger partial charge < -0.3 is 5.73 Å². The number of halogens is 3. The summed E-state index contributed by atoms with van der Waals surface area (Å²) in [6, 6.07) is 2.10. The van der Waals surface area contributed by atoms with Crippen LogP contribution >= 0.6 is 0 Å². The highest BCUT2D eigenvalue weighted by Gasteiger charge is 2.34. The second-order valence-corrected chi connectivity index (χ2v) is 5.17. The molecule has 2 N–H and O–H groups in total. The molecule has 0 radical (unpaired) electrons. The second kappa shape index (κ2) is 4.59. The summed E-state index contributed by atoms with van der Waals surface area (Å²) in [7, 11) is 0. The third-order valence-corrected chi connectivity index (χ3v) is 2.56. The molecule has 1 aromatic heterocycles. The van der Waals surface area contributed by atoms with E-state index in [9.17, 15) is 18.0 Å². The predicted molar refractivity (Wildman–Crippen MR) is 60.6 cm³/mol. The largest absolute Gasteiger partial charge is 0.417 e. The van der Waals surface area contributed by atoms with Crippen LogP contribution in [0.1, 0.15) is 37.9 Å². The summed E-state index contributed by atoms with van der Waals surface area (Å²) >= 11 is 0. The number of aromatic nitrogens is 1. The van der Waals surface area contributed by atoms with Crippen molar-refractivity contribution < 1.29 is 18.0 Å². The lowest BCUT2D eigenvalue weighted by Gasteiger charge is -2.27. The van der Waals surface area contributed by atoms with Gasteiger partial charge in [0.2, 0.25) is 5.91 Å². The number of carbonyl (C=O) groups is 1. The van der Waals surface area contributed by atoms with Crippen LogP contribution in [0, 0.1) is 5.41 Å². The van der Waals surface area contributed by atoms with Crippen LogP contribution in [0.15, 0.2) is 18.3 Å². The third kappa shape index (κ3) is 3.21. The fourth-order valence-corrected chi connectivity index (χ4v) is 1.76. The van der Waals surface area contributed by atoms with E-state index in [1.54, 1.807) is 20.8 Å². The zero-order valence-electron chi connectivity index (χ0n) is 10.4. The first-order valence-electron chi connectivity index (χ1n) is 5.36. The van der Waals surface area contributed by atoms with E-state index >= 15 is 0 Å². The van der Waals surface area contributed by atoms with E-state index in [0.717, 1.165) is 12.3 Å². The van der Waals surface area contributed by atoms with Gasteiger partial charge in [-0.3, -0.25) is 9.78 Å². The van der Waals surface area contributed by atoms with Crippen LogP contribution < -0.4 is 5.73 Å². The van der Waals surface area contributed by atoms with Gasteiger partial charge in [-0.2, -0.15) is 13.2 Å². The van der Waals surface area contributed by atoms with E-state index in [-0.39, 0.29) is 5.69 Å². The molecule has 1 unspecified atom stereocenters. The molecule has 1 heterocycles. The van der Waals surface area contributed by atoms with Crippen LogP contribution in [0.4, 0.5) is 13.2 Å². The van der Waals surface area contributed by atoms with Gasteiger partial charge in [0.05, 0.1) is 17.2 Å². The second-order valence-electron chi connectivity index (χ2n) is 5.17. The number of alkyl halides is 3. The quantitative estimate of drug-likeness (QED) is 0.888. The number of hydrogen-bond acceptors (Lipinski definition) is 2. The molecule has 0 aromatic carbocycles. The van der Waals surface area contributed by atoms with Crippen LogP contribution in [-0.2, 0) is 11.0 Å². The third-order valence-electron chi connectivity index (χ3n) is 2.56. The van der Waals surface area contributed by atoms with Crippen molar-refractivity contribution in [2.75, 3.05) is 0 Å². The molecule has 0 fully saturated rings. The molecule has 0 aliphatic carbocycles. The minimum atomic E-state index is -4.44. The summed E-state index contributed by atoms with van der Waals surface area (Å²) in [5.74, 6) is -1.32. The predicted octanol–water partition coefficient (Wildman–Crippen LogP) is 2.72. The number of carbonyl (C=O) groups excluding carboxylic acids is 1. The molecule has 1 atom stereocenters.